The Hall–Kier alpha value is -2.47. The maximum absolute atomic E-state index is 13.1. The first-order chi connectivity index (χ1) is 13.9. The number of hydrogen-bond donors (Lipinski definition) is 0. The van der Waals surface area contributed by atoms with Gasteiger partial charge in [0.1, 0.15) is 0 Å². The summed E-state index contributed by atoms with van der Waals surface area (Å²) in [6.45, 7) is 8.75. The lowest BCUT2D eigenvalue weighted by Gasteiger charge is -2.35. The number of esters is 1. The summed E-state index contributed by atoms with van der Waals surface area (Å²) < 4.78 is 11.2. The number of hydrogen-bond acceptors (Lipinski definition) is 5. The van der Waals surface area contributed by atoms with Crippen LogP contribution < -0.4 is 0 Å². The van der Waals surface area contributed by atoms with E-state index in [0.29, 0.717) is 25.1 Å². The lowest BCUT2D eigenvalue weighted by Crippen LogP contribution is -2.49. The average molecular weight is 399 g/mol. The lowest BCUT2D eigenvalue weighted by molar-refractivity contribution is -0.146. The molecule has 6 nitrogen and oxygen atoms in total. The van der Waals surface area contributed by atoms with E-state index >= 15 is 0 Å². The van der Waals surface area contributed by atoms with Crippen molar-refractivity contribution in [2.75, 3.05) is 19.7 Å². The number of rotatable bonds is 6. The smallest absolute Gasteiger partial charge is 0.339 e. The molecule has 0 bridgehead atoms. The number of benzene rings is 1. The second kappa shape index (κ2) is 9.35. The molecule has 29 heavy (non-hydrogen) atoms. The zero-order valence-corrected chi connectivity index (χ0v) is 17.7. The van der Waals surface area contributed by atoms with Gasteiger partial charge in [-0.3, -0.25) is 9.78 Å². The summed E-state index contributed by atoms with van der Waals surface area (Å²) in [5.41, 5.74) is 3.17. The van der Waals surface area contributed by atoms with Crippen molar-refractivity contribution in [2.24, 2.45) is 0 Å². The fourth-order valence-corrected chi connectivity index (χ4v) is 4.03. The molecule has 1 fully saturated rings. The number of amides is 1. The standard InChI is InChI=1S/C23H30N2O4/c1-5-9-19-17(6-2)22(18-10-7-8-11-20(18)24-19)23(27)28-14-21(26)25-12-15(3)29-16(4)13-25/h7-8,10-11,15-16H,5-6,9,12-14H2,1-4H3/t15-,16-/m0/s1. The molecule has 0 radical (unpaired) electrons. The maximum Gasteiger partial charge on any atom is 0.339 e. The number of pyridine rings is 1. The van der Waals surface area contributed by atoms with Gasteiger partial charge in [-0.15, -0.1) is 0 Å². The van der Waals surface area contributed by atoms with E-state index in [9.17, 15) is 9.59 Å². The van der Waals surface area contributed by atoms with E-state index in [-0.39, 0.29) is 24.7 Å². The van der Waals surface area contributed by atoms with Gasteiger partial charge in [0.2, 0.25) is 0 Å². The monoisotopic (exact) mass is 398 g/mol. The SMILES string of the molecule is CCCc1nc2ccccc2c(C(=O)OCC(=O)N2C[C@H](C)O[C@@H](C)C2)c1CC. The molecular formula is C23H30N2O4. The van der Waals surface area contributed by atoms with Gasteiger partial charge in [-0.25, -0.2) is 4.79 Å². The van der Waals surface area contributed by atoms with Crippen LogP contribution in [0.3, 0.4) is 0 Å². The van der Waals surface area contributed by atoms with E-state index in [0.717, 1.165) is 35.0 Å². The van der Waals surface area contributed by atoms with Crippen LogP contribution >= 0.6 is 0 Å². The van der Waals surface area contributed by atoms with Gasteiger partial charge < -0.3 is 14.4 Å². The predicted molar refractivity (Wildman–Crippen MR) is 112 cm³/mol. The predicted octanol–water partition coefficient (Wildman–Crippen LogP) is 3.54. The number of carbonyl (C=O) groups excluding carboxylic acids is 2. The first-order valence-corrected chi connectivity index (χ1v) is 10.4. The van der Waals surface area contributed by atoms with Crippen LogP contribution in [0.15, 0.2) is 24.3 Å². The lowest BCUT2D eigenvalue weighted by atomic mass is 9.96. The van der Waals surface area contributed by atoms with Crippen LogP contribution in [-0.4, -0.2) is 53.7 Å². The Morgan fingerprint density at radius 1 is 1.17 bits per heavy atom. The maximum atomic E-state index is 13.1. The zero-order valence-electron chi connectivity index (χ0n) is 17.7. The molecule has 0 N–H and O–H groups in total. The fourth-order valence-electron chi connectivity index (χ4n) is 4.03. The van der Waals surface area contributed by atoms with Crippen LogP contribution in [-0.2, 0) is 27.1 Å². The summed E-state index contributed by atoms with van der Waals surface area (Å²) in [5.74, 6) is -0.647. The minimum atomic E-state index is -0.458. The van der Waals surface area contributed by atoms with Crippen molar-refractivity contribution in [1.82, 2.24) is 9.88 Å². The van der Waals surface area contributed by atoms with Gasteiger partial charge in [0.25, 0.3) is 5.91 Å². The molecule has 6 heteroatoms. The van der Waals surface area contributed by atoms with E-state index in [1.165, 1.54) is 0 Å². The molecule has 1 aliphatic rings. The first-order valence-electron chi connectivity index (χ1n) is 10.4. The van der Waals surface area contributed by atoms with Crippen molar-refractivity contribution in [2.45, 2.75) is 59.2 Å². The molecule has 2 aromatic rings. The molecule has 0 spiro atoms. The van der Waals surface area contributed by atoms with Crippen LogP contribution in [0.25, 0.3) is 10.9 Å². The Morgan fingerprint density at radius 2 is 1.86 bits per heavy atom. The summed E-state index contributed by atoms with van der Waals surface area (Å²) in [7, 11) is 0. The minimum Gasteiger partial charge on any atom is -0.452 e. The first kappa shape index (κ1) is 21.2. The summed E-state index contributed by atoms with van der Waals surface area (Å²) in [5, 5.41) is 0.773. The number of para-hydroxylation sites is 1. The van der Waals surface area contributed by atoms with E-state index in [2.05, 4.69) is 6.92 Å². The second-order valence-electron chi connectivity index (χ2n) is 7.66. The molecule has 156 valence electrons. The summed E-state index contributed by atoms with van der Waals surface area (Å²) in [6.07, 6.45) is 2.39. The van der Waals surface area contributed by atoms with Gasteiger partial charge >= 0.3 is 5.97 Å². The van der Waals surface area contributed by atoms with Gasteiger partial charge in [-0.1, -0.05) is 38.5 Å². The summed E-state index contributed by atoms with van der Waals surface area (Å²) in [6, 6.07) is 7.60. The highest BCUT2D eigenvalue weighted by molar-refractivity contribution is 6.05. The number of aromatic nitrogens is 1. The van der Waals surface area contributed by atoms with E-state index in [4.69, 9.17) is 14.5 Å². The van der Waals surface area contributed by atoms with Gasteiger partial charge in [0, 0.05) is 24.2 Å². The molecular weight excluding hydrogens is 368 g/mol. The van der Waals surface area contributed by atoms with Gasteiger partial charge in [0.05, 0.1) is 23.3 Å². The Morgan fingerprint density at radius 3 is 2.52 bits per heavy atom. The largest absolute Gasteiger partial charge is 0.452 e. The van der Waals surface area contributed by atoms with E-state index in [1.54, 1.807) is 4.90 Å². The van der Waals surface area contributed by atoms with Crippen molar-refractivity contribution in [1.29, 1.82) is 0 Å². The molecule has 1 amide bonds. The Kier molecular flexibility index (Phi) is 6.85. The Bertz CT molecular complexity index is 886. The van der Waals surface area contributed by atoms with E-state index in [1.807, 2.05) is 45.0 Å². The van der Waals surface area contributed by atoms with Crippen molar-refractivity contribution >= 4 is 22.8 Å². The third-order valence-electron chi connectivity index (χ3n) is 5.22. The highest BCUT2D eigenvalue weighted by Crippen LogP contribution is 2.26. The third-order valence-corrected chi connectivity index (χ3v) is 5.22. The number of morpholine rings is 1. The topological polar surface area (TPSA) is 68.7 Å². The normalized spacial score (nSPS) is 19.4. The van der Waals surface area contributed by atoms with Crippen LogP contribution in [0.5, 0.6) is 0 Å². The van der Waals surface area contributed by atoms with Gasteiger partial charge in [-0.2, -0.15) is 0 Å². The molecule has 3 rings (SSSR count). The molecule has 1 aliphatic heterocycles. The number of nitrogens with zero attached hydrogens (tertiary/aromatic N) is 2. The fraction of sp³-hybridized carbons (Fsp3) is 0.522. The molecule has 1 saturated heterocycles. The zero-order chi connectivity index (χ0) is 21.0. The molecule has 1 aromatic carbocycles. The number of aryl methyl sites for hydroxylation is 1. The summed E-state index contributed by atoms with van der Waals surface area (Å²) in [4.78, 5) is 32.1. The average Bonchev–Trinajstić information content (AvgIpc) is 2.70. The minimum absolute atomic E-state index is 0.0224. The highest BCUT2D eigenvalue weighted by Gasteiger charge is 2.27. The van der Waals surface area contributed by atoms with Crippen molar-refractivity contribution in [3.05, 3.63) is 41.1 Å². The van der Waals surface area contributed by atoms with Crippen molar-refractivity contribution < 1.29 is 19.1 Å². The van der Waals surface area contributed by atoms with Crippen molar-refractivity contribution in [3.63, 3.8) is 0 Å². The highest BCUT2D eigenvalue weighted by atomic mass is 16.5. The molecule has 2 atom stereocenters. The Balaban J connectivity index is 1.84. The third kappa shape index (κ3) is 4.75. The Labute approximate surface area is 172 Å². The van der Waals surface area contributed by atoms with Crippen LogP contribution in [0.2, 0.25) is 0 Å². The van der Waals surface area contributed by atoms with Crippen LogP contribution in [0.1, 0.15) is 55.7 Å². The quantitative estimate of drug-likeness (QED) is 0.696. The van der Waals surface area contributed by atoms with Crippen LogP contribution in [0, 0.1) is 0 Å². The number of ether oxygens (including phenoxy) is 2. The van der Waals surface area contributed by atoms with Gasteiger partial charge in [0.15, 0.2) is 6.61 Å². The molecule has 1 aromatic heterocycles. The second-order valence-corrected chi connectivity index (χ2v) is 7.66. The van der Waals surface area contributed by atoms with E-state index < -0.39 is 5.97 Å². The number of carbonyl (C=O) groups is 2. The molecule has 2 heterocycles. The molecule has 0 aliphatic carbocycles. The van der Waals surface area contributed by atoms with Crippen molar-refractivity contribution in [3.8, 4) is 0 Å². The number of fused-ring (bicyclic) bond motifs is 1. The van der Waals surface area contributed by atoms with Gasteiger partial charge in [-0.05, 0) is 38.3 Å². The van der Waals surface area contributed by atoms with Crippen LogP contribution in [0.4, 0.5) is 0 Å². The molecule has 0 unspecified atom stereocenters. The molecule has 0 saturated carbocycles. The summed E-state index contributed by atoms with van der Waals surface area (Å²) >= 11 is 0.